The maximum absolute atomic E-state index is 12.0. The van der Waals surface area contributed by atoms with Crippen LogP contribution in [0.4, 0.5) is 16.3 Å². The lowest BCUT2D eigenvalue weighted by Crippen LogP contribution is -2.45. The molecule has 12 nitrogen and oxygen atoms in total. The van der Waals surface area contributed by atoms with Crippen LogP contribution in [0.5, 0.6) is 17.5 Å². The molecule has 1 atom stereocenters. The number of aryl methyl sites for hydroxylation is 1. The normalized spacial score (nSPS) is 17.3. The summed E-state index contributed by atoms with van der Waals surface area (Å²) >= 11 is 0. The number of carbonyl (C=O) groups is 1. The predicted octanol–water partition coefficient (Wildman–Crippen LogP) is 4.23. The van der Waals surface area contributed by atoms with Crippen molar-refractivity contribution < 1.29 is 23.9 Å². The van der Waals surface area contributed by atoms with E-state index in [-0.39, 0.29) is 23.5 Å². The van der Waals surface area contributed by atoms with E-state index in [0.29, 0.717) is 25.3 Å². The number of aromatic nitrogens is 2. The number of rotatable bonds is 8. The molecular weight excluding hydrogens is 528 g/mol. The number of nitro groups is 1. The Morgan fingerprint density at radius 1 is 1.05 bits per heavy atom. The first kappa shape index (κ1) is 28.2. The summed E-state index contributed by atoms with van der Waals surface area (Å²) in [5.41, 5.74) is 1.98. The van der Waals surface area contributed by atoms with E-state index in [1.807, 2.05) is 57.2 Å². The molecule has 0 aliphatic carbocycles. The number of amides is 1. The monoisotopic (exact) mass is 564 g/mol. The highest BCUT2D eigenvalue weighted by molar-refractivity contribution is 5.71. The summed E-state index contributed by atoms with van der Waals surface area (Å²) in [6, 6.07) is 16.0. The van der Waals surface area contributed by atoms with E-state index in [0.717, 1.165) is 44.2 Å². The first-order valence-corrected chi connectivity index (χ1v) is 13.8. The molecular formula is C29H36N6O6. The Kier molecular flexibility index (Phi) is 8.29. The van der Waals surface area contributed by atoms with Gasteiger partial charge in [0.25, 0.3) is 0 Å². The molecule has 3 aromatic rings. The Morgan fingerprint density at radius 3 is 2.39 bits per heavy atom. The van der Waals surface area contributed by atoms with Crippen LogP contribution in [0.2, 0.25) is 0 Å². The van der Waals surface area contributed by atoms with E-state index < -0.39 is 11.0 Å². The Balaban J connectivity index is 1.04. The molecule has 1 aromatic heterocycles. The third-order valence-electron chi connectivity index (χ3n) is 6.91. The van der Waals surface area contributed by atoms with Crippen molar-refractivity contribution in [1.29, 1.82) is 0 Å². The molecule has 1 saturated heterocycles. The first-order valence-electron chi connectivity index (χ1n) is 13.8. The minimum absolute atomic E-state index is 0.207. The number of anilines is 1. The number of ether oxygens (including phenoxy) is 3. The van der Waals surface area contributed by atoms with Gasteiger partial charge in [-0.25, -0.2) is 4.79 Å². The van der Waals surface area contributed by atoms with E-state index in [4.69, 9.17) is 14.2 Å². The molecule has 41 heavy (non-hydrogen) atoms. The van der Waals surface area contributed by atoms with E-state index in [1.54, 1.807) is 4.57 Å². The lowest BCUT2D eigenvalue weighted by Gasteiger charge is -2.36. The fraction of sp³-hybridized carbons (Fsp3) is 0.448. The van der Waals surface area contributed by atoms with Gasteiger partial charge in [0.15, 0.2) is 0 Å². The number of piperazine rings is 1. The van der Waals surface area contributed by atoms with Gasteiger partial charge in [0.05, 0.1) is 0 Å². The highest BCUT2D eigenvalue weighted by atomic mass is 16.6. The molecule has 218 valence electrons. The van der Waals surface area contributed by atoms with Crippen LogP contribution in [-0.4, -0.2) is 69.9 Å². The fourth-order valence-electron chi connectivity index (χ4n) is 4.80. The van der Waals surface area contributed by atoms with E-state index in [9.17, 15) is 14.9 Å². The molecule has 1 N–H and O–H groups in total. The van der Waals surface area contributed by atoms with Gasteiger partial charge in [-0.2, -0.15) is 0 Å². The summed E-state index contributed by atoms with van der Waals surface area (Å²) in [6.45, 7) is 11.2. The summed E-state index contributed by atoms with van der Waals surface area (Å²) < 4.78 is 18.7. The molecule has 2 aliphatic rings. The lowest BCUT2D eigenvalue weighted by atomic mass is 10.1. The Labute approximate surface area is 239 Å². The van der Waals surface area contributed by atoms with Crippen LogP contribution in [0, 0.1) is 10.1 Å². The molecule has 3 heterocycles. The largest absolute Gasteiger partial charge is 0.490 e. The number of imidazole rings is 1. The molecule has 1 unspecified atom stereocenters. The van der Waals surface area contributed by atoms with Crippen molar-refractivity contribution in [1.82, 2.24) is 19.8 Å². The van der Waals surface area contributed by atoms with Crippen LogP contribution in [0.25, 0.3) is 0 Å². The van der Waals surface area contributed by atoms with Crippen LogP contribution in [0.1, 0.15) is 32.8 Å². The molecule has 5 rings (SSSR count). The Hall–Kier alpha value is -4.32. The molecule has 0 spiro atoms. The van der Waals surface area contributed by atoms with Gasteiger partial charge in [0.2, 0.25) is 0 Å². The highest BCUT2D eigenvalue weighted by Crippen LogP contribution is 2.26. The van der Waals surface area contributed by atoms with Crippen LogP contribution < -0.4 is 24.4 Å². The maximum atomic E-state index is 12.0. The van der Waals surface area contributed by atoms with Crippen LogP contribution >= 0.6 is 0 Å². The van der Waals surface area contributed by atoms with Crippen molar-refractivity contribution in [2.75, 3.05) is 37.7 Å². The Bertz CT molecular complexity index is 1340. The average Bonchev–Trinajstić information content (AvgIpc) is 3.37. The molecule has 0 saturated carbocycles. The van der Waals surface area contributed by atoms with Crippen LogP contribution in [0.15, 0.2) is 54.7 Å². The number of nitrogens with one attached hydrogen (secondary N) is 1. The van der Waals surface area contributed by atoms with Gasteiger partial charge in [-0.1, -0.05) is 12.1 Å². The number of hydrogen-bond donors (Lipinski definition) is 1. The van der Waals surface area contributed by atoms with Crippen LogP contribution in [-0.2, 0) is 13.1 Å². The molecule has 1 amide bonds. The van der Waals surface area contributed by atoms with Gasteiger partial charge in [-0.15, -0.1) is 0 Å². The van der Waals surface area contributed by atoms with Gasteiger partial charge in [0, 0.05) is 61.9 Å². The summed E-state index contributed by atoms with van der Waals surface area (Å²) in [4.78, 5) is 31.1. The van der Waals surface area contributed by atoms with Gasteiger partial charge in [-0.3, -0.25) is 9.47 Å². The smallest absolute Gasteiger partial charge is 0.414 e. The lowest BCUT2D eigenvalue weighted by molar-refractivity contribution is -0.389. The zero-order chi connectivity index (χ0) is 29.0. The third-order valence-corrected chi connectivity index (χ3v) is 6.91. The minimum Gasteiger partial charge on any atom is -0.490 e. The summed E-state index contributed by atoms with van der Waals surface area (Å²) in [6.07, 6.45) is 1.42. The fourth-order valence-corrected chi connectivity index (χ4v) is 4.80. The molecule has 2 aromatic carbocycles. The molecule has 0 bridgehead atoms. The van der Waals surface area contributed by atoms with Gasteiger partial charge in [0.1, 0.15) is 30.4 Å². The van der Waals surface area contributed by atoms with Gasteiger partial charge >= 0.3 is 17.9 Å². The van der Waals surface area contributed by atoms with Gasteiger partial charge in [-0.05, 0) is 67.7 Å². The second kappa shape index (κ2) is 12.0. The summed E-state index contributed by atoms with van der Waals surface area (Å²) in [5.74, 6) is 1.07. The zero-order valence-electron chi connectivity index (χ0n) is 23.6. The third kappa shape index (κ3) is 7.66. The SMILES string of the molecule is CC(C)(C)NC(=O)Oc1ccc(CN2CCN(c3ccc(OCC4CCn5cc([N+](=O)[O-])nc5O4)cc3)CC2)cc1. The molecule has 1 fully saturated rings. The molecule has 12 heteroatoms. The van der Waals surface area contributed by atoms with Crippen molar-refractivity contribution in [3.05, 3.63) is 70.4 Å². The molecule has 2 aliphatic heterocycles. The standard InChI is InChI=1S/C29H36N6O6/c1-29(2,3)31-28(36)41-24-8-4-21(5-9-24)18-32-14-16-33(17-15-32)22-6-10-23(11-7-22)39-20-25-12-13-34-19-26(35(37)38)30-27(34)40-25/h4-11,19,25H,12-18,20H2,1-3H3,(H,31,36). The predicted molar refractivity (Wildman–Crippen MR) is 153 cm³/mol. The van der Waals surface area contributed by atoms with Crippen molar-refractivity contribution in [2.45, 2.75) is 51.9 Å². The second-order valence-electron chi connectivity index (χ2n) is 11.3. The van der Waals surface area contributed by atoms with E-state index in [1.165, 1.54) is 11.8 Å². The Morgan fingerprint density at radius 2 is 1.73 bits per heavy atom. The number of carbonyl (C=O) groups excluding carboxylic acids is 1. The van der Waals surface area contributed by atoms with Crippen molar-refractivity contribution in [3.63, 3.8) is 0 Å². The average molecular weight is 565 g/mol. The summed E-state index contributed by atoms with van der Waals surface area (Å²) in [5, 5.41) is 13.7. The van der Waals surface area contributed by atoms with Crippen molar-refractivity contribution in [2.24, 2.45) is 0 Å². The van der Waals surface area contributed by atoms with Crippen molar-refractivity contribution in [3.8, 4) is 17.5 Å². The van der Waals surface area contributed by atoms with Crippen molar-refractivity contribution >= 4 is 17.6 Å². The molecule has 0 radical (unpaired) electrons. The maximum Gasteiger partial charge on any atom is 0.414 e. The van der Waals surface area contributed by atoms with Crippen LogP contribution in [0.3, 0.4) is 0 Å². The number of fused-ring (bicyclic) bond motifs is 1. The minimum atomic E-state index is -0.519. The van der Waals surface area contributed by atoms with Gasteiger partial charge < -0.3 is 34.5 Å². The van der Waals surface area contributed by atoms with E-state index >= 15 is 0 Å². The number of benzene rings is 2. The van der Waals surface area contributed by atoms with E-state index in [2.05, 4.69) is 32.2 Å². The topological polar surface area (TPSA) is 124 Å². The number of nitrogens with zero attached hydrogens (tertiary/aromatic N) is 5. The highest BCUT2D eigenvalue weighted by Gasteiger charge is 2.28. The second-order valence-corrected chi connectivity index (χ2v) is 11.3. The summed E-state index contributed by atoms with van der Waals surface area (Å²) in [7, 11) is 0. The quantitative estimate of drug-likeness (QED) is 0.316. The first-order chi connectivity index (χ1) is 19.6. The zero-order valence-corrected chi connectivity index (χ0v) is 23.6. The number of hydrogen-bond acceptors (Lipinski definition) is 9.